The molecule has 1 aliphatic rings. The fourth-order valence-corrected chi connectivity index (χ4v) is 2.16. The van der Waals surface area contributed by atoms with Gasteiger partial charge >= 0.3 is 5.97 Å². The first-order valence-corrected chi connectivity index (χ1v) is 5.26. The van der Waals surface area contributed by atoms with Gasteiger partial charge in [-0.3, -0.25) is 9.59 Å². The summed E-state index contributed by atoms with van der Waals surface area (Å²) in [7, 11) is 0. The van der Waals surface area contributed by atoms with Crippen LogP contribution in [-0.4, -0.2) is 16.9 Å². The molecule has 1 N–H and O–H groups in total. The van der Waals surface area contributed by atoms with Crippen LogP contribution < -0.4 is 0 Å². The van der Waals surface area contributed by atoms with E-state index in [0.29, 0.717) is 6.42 Å². The van der Waals surface area contributed by atoms with E-state index in [0.717, 1.165) is 5.57 Å². The van der Waals surface area contributed by atoms with E-state index in [9.17, 15) is 9.59 Å². The maximum atomic E-state index is 11.2. The third kappa shape index (κ3) is 2.11. The molecule has 0 heterocycles. The van der Waals surface area contributed by atoms with Crippen molar-refractivity contribution in [2.75, 3.05) is 0 Å². The number of carboxylic acid groups (broad SMARTS) is 1. The van der Waals surface area contributed by atoms with Crippen LogP contribution in [0.15, 0.2) is 11.6 Å². The minimum atomic E-state index is -0.764. The highest BCUT2D eigenvalue weighted by Crippen LogP contribution is 2.59. The second-order valence-corrected chi connectivity index (χ2v) is 4.76. The Morgan fingerprint density at radius 2 is 1.93 bits per heavy atom. The fraction of sp³-hybridized carbons (Fsp3) is 0.667. The summed E-state index contributed by atoms with van der Waals surface area (Å²) in [5.74, 6) is -1.04. The molecule has 3 nitrogen and oxygen atoms in total. The number of hydrogen-bond acceptors (Lipinski definition) is 2. The molecule has 2 unspecified atom stereocenters. The van der Waals surface area contributed by atoms with Gasteiger partial charge in [-0.05, 0) is 30.3 Å². The van der Waals surface area contributed by atoms with Crippen LogP contribution in [0.25, 0.3) is 0 Å². The molecule has 0 aromatic heterocycles. The number of carbonyl (C=O) groups excluding carboxylic acids is 1. The van der Waals surface area contributed by atoms with Crippen molar-refractivity contribution in [2.45, 2.75) is 34.1 Å². The van der Waals surface area contributed by atoms with Crippen molar-refractivity contribution in [3.8, 4) is 0 Å². The van der Waals surface area contributed by atoms with Gasteiger partial charge in [0.15, 0.2) is 5.78 Å². The molecule has 84 valence electrons. The Labute approximate surface area is 90.2 Å². The van der Waals surface area contributed by atoms with E-state index in [4.69, 9.17) is 5.11 Å². The Balaban J connectivity index is 2.85. The maximum Gasteiger partial charge on any atom is 0.307 e. The molecule has 0 amide bonds. The SMILES string of the molecule is CCC(=CC1C(C(=O)O)C1(C)C)C(C)=O. The Kier molecular flexibility index (Phi) is 3.03. The van der Waals surface area contributed by atoms with Crippen LogP contribution in [0.3, 0.4) is 0 Å². The van der Waals surface area contributed by atoms with Crippen LogP contribution in [0, 0.1) is 17.3 Å². The lowest BCUT2D eigenvalue weighted by Crippen LogP contribution is -2.03. The molecule has 2 atom stereocenters. The molecule has 1 aliphatic carbocycles. The third-order valence-corrected chi connectivity index (χ3v) is 3.39. The number of aliphatic carboxylic acids is 1. The summed E-state index contributed by atoms with van der Waals surface area (Å²) in [6.45, 7) is 7.31. The first-order chi connectivity index (χ1) is 6.82. The normalized spacial score (nSPS) is 28.7. The number of allylic oxidation sites excluding steroid dienone is 2. The van der Waals surface area contributed by atoms with E-state index in [1.54, 1.807) is 0 Å². The van der Waals surface area contributed by atoms with Crippen LogP contribution in [0.2, 0.25) is 0 Å². The lowest BCUT2D eigenvalue weighted by atomic mass is 10.0. The Bertz CT molecular complexity index is 326. The number of carboxylic acids is 1. The van der Waals surface area contributed by atoms with Crippen molar-refractivity contribution >= 4 is 11.8 Å². The summed E-state index contributed by atoms with van der Waals surface area (Å²) in [5, 5.41) is 8.97. The van der Waals surface area contributed by atoms with Gasteiger partial charge in [-0.25, -0.2) is 0 Å². The molecule has 0 aromatic carbocycles. The van der Waals surface area contributed by atoms with Gasteiger partial charge in [0.2, 0.25) is 0 Å². The standard InChI is InChI=1S/C12H18O3/c1-5-8(7(2)13)6-9-10(11(14)15)12(9,3)4/h6,9-10H,5H2,1-4H3,(H,14,15). The number of Topliss-reactive ketones (excluding diaryl/α,β-unsaturated/α-hetero) is 1. The van der Waals surface area contributed by atoms with Gasteiger partial charge in [-0.2, -0.15) is 0 Å². The topological polar surface area (TPSA) is 54.4 Å². The van der Waals surface area contributed by atoms with Crippen molar-refractivity contribution in [3.05, 3.63) is 11.6 Å². The van der Waals surface area contributed by atoms with Gasteiger partial charge in [0.05, 0.1) is 5.92 Å². The molecule has 15 heavy (non-hydrogen) atoms. The van der Waals surface area contributed by atoms with Crippen molar-refractivity contribution in [3.63, 3.8) is 0 Å². The Morgan fingerprint density at radius 1 is 1.40 bits per heavy atom. The summed E-state index contributed by atoms with van der Waals surface area (Å²) in [4.78, 5) is 22.1. The zero-order valence-corrected chi connectivity index (χ0v) is 9.70. The molecule has 0 bridgehead atoms. The first kappa shape index (κ1) is 12.0. The van der Waals surface area contributed by atoms with Crippen molar-refractivity contribution in [2.24, 2.45) is 17.3 Å². The number of rotatable bonds is 4. The quantitative estimate of drug-likeness (QED) is 0.724. The molecule has 0 saturated heterocycles. The van der Waals surface area contributed by atoms with Gasteiger partial charge in [0.25, 0.3) is 0 Å². The van der Waals surface area contributed by atoms with Gasteiger partial charge in [0.1, 0.15) is 0 Å². The van der Waals surface area contributed by atoms with E-state index in [2.05, 4.69) is 0 Å². The van der Waals surface area contributed by atoms with E-state index < -0.39 is 5.97 Å². The second kappa shape index (κ2) is 3.80. The van der Waals surface area contributed by atoms with E-state index in [1.807, 2.05) is 26.8 Å². The highest BCUT2D eigenvalue weighted by atomic mass is 16.4. The minimum absolute atomic E-state index is 0.00819. The fourth-order valence-electron chi connectivity index (χ4n) is 2.16. The zero-order valence-electron chi connectivity index (χ0n) is 9.70. The Hall–Kier alpha value is -1.12. The van der Waals surface area contributed by atoms with Gasteiger partial charge in [0, 0.05) is 0 Å². The van der Waals surface area contributed by atoms with Gasteiger partial charge < -0.3 is 5.11 Å². The van der Waals surface area contributed by atoms with Crippen molar-refractivity contribution in [1.82, 2.24) is 0 Å². The lowest BCUT2D eigenvalue weighted by molar-refractivity contribution is -0.139. The molecule has 1 fully saturated rings. The highest BCUT2D eigenvalue weighted by Gasteiger charge is 2.60. The van der Waals surface area contributed by atoms with E-state index >= 15 is 0 Å². The Morgan fingerprint density at radius 3 is 2.20 bits per heavy atom. The third-order valence-electron chi connectivity index (χ3n) is 3.39. The summed E-state index contributed by atoms with van der Waals surface area (Å²) >= 11 is 0. The van der Waals surface area contributed by atoms with Crippen LogP contribution in [0.5, 0.6) is 0 Å². The maximum absolute atomic E-state index is 11.2. The molecular formula is C12H18O3. The monoisotopic (exact) mass is 210 g/mol. The van der Waals surface area contributed by atoms with Gasteiger partial charge in [-0.1, -0.05) is 26.8 Å². The first-order valence-electron chi connectivity index (χ1n) is 5.26. The van der Waals surface area contributed by atoms with Crippen LogP contribution in [0.1, 0.15) is 34.1 Å². The summed E-state index contributed by atoms with van der Waals surface area (Å²) in [5.41, 5.74) is 0.540. The average Bonchev–Trinajstić information content (AvgIpc) is 2.63. The second-order valence-electron chi connectivity index (χ2n) is 4.76. The average molecular weight is 210 g/mol. The molecule has 0 aromatic rings. The molecule has 0 radical (unpaired) electrons. The zero-order chi connectivity index (χ0) is 11.8. The predicted octanol–water partition coefficient (Wildman–Crippen LogP) is 2.27. The number of hydrogen-bond donors (Lipinski definition) is 1. The lowest BCUT2D eigenvalue weighted by Gasteiger charge is -2.00. The molecule has 1 rings (SSSR count). The number of carbonyl (C=O) groups is 2. The van der Waals surface area contributed by atoms with Crippen molar-refractivity contribution < 1.29 is 14.7 Å². The molecule has 0 aliphatic heterocycles. The predicted molar refractivity (Wildman–Crippen MR) is 57.5 cm³/mol. The molecule has 3 heteroatoms. The number of ketones is 1. The molecule has 0 spiro atoms. The summed E-state index contributed by atoms with van der Waals surface area (Å²) in [6, 6.07) is 0. The minimum Gasteiger partial charge on any atom is -0.481 e. The summed E-state index contributed by atoms with van der Waals surface area (Å²) < 4.78 is 0. The summed E-state index contributed by atoms with van der Waals surface area (Å²) in [6.07, 6.45) is 2.52. The van der Waals surface area contributed by atoms with Crippen molar-refractivity contribution in [1.29, 1.82) is 0 Å². The van der Waals surface area contributed by atoms with Gasteiger partial charge in [-0.15, -0.1) is 0 Å². The van der Waals surface area contributed by atoms with Crippen LogP contribution >= 0.6 is 0 Å². The molecular weight excluding hydrogens is 192 g/mol. The smallest absolute Gasteiger partial charge is 0.307 e. The van der Waals surface area contributed by atoms with E-state index in [1.165, 1.54) is 6.92 Å². The highest BCUT2D eigenvalue weighted by molar-refractivity contribution is 5.93. The van der Waals surface area contributed by atoms with Crippen LogP contribution in [-0.2, 0) is 9.59 Å². The molecule has 1 saturated carbocycles. The van der Waals surface area contributed by atoms with E-state index in [-0.39, 0.29) is 23.0 Å². The van der Waals surface area contributed by atoms with Crippen LogP contribution in [0.4, 0.5) is 0 Å². The largest absolute Gasteiger partial charge is 0.481 e.